The molecule has 1 atom stereocenters. The second-order valence-electron chi connectivity index (χ2n) is 6.92. The number of carbonyl (C=O) groups is 2. The number of nitriles is 1. The summed E-state index contributed by atoms with van der Waals surface area (Å²) in [6.07, 6.45) is 8.15. The van der Waals surface area contributed by atoms with Gasteiger partial charge in [0.05, 0.1) is 29.3 Å². The molecule has 4 rings (SSSR count). The molecule has 0 saturated carbocycles. The van der Waals surface area contributed by atoms with Crippen LogP contribution in [0.2, 0.25) is 5.02 Å². The summed E-state index contributed by atoms with van der Waals surface area (Å²) in [4.78, 5) is 35.4. The molecule has 0 radical (unpaired) electrons. The number of pyridine rings is 2. The number of benzene rings is 1. The van der Waals surface area contributed by atoms with Crippen LogP contribution in [0.1, 0.15) is 16.7 Å². The zero-order valence-electron chi connectivity index (χ0n) is 16.0. The largest absolute Gasteiger partial charge is 0.294 e. The number of allylic oxidation sites excluding steroid dienone is 1. The van der Waals surface area contributed by atoms with E-state index in [1.807, 2.05) is 6.07 Å². The molecule has 0 aliphatic carbocycles. The third kappa shape index (κ3) is 4.20. The average Bonchev–Trinajstić information content (AvgIpc) is 2.77. The Morgan fingerprint density at radius 1 is 1.19 bits per heavy atom. The molecular formula is C23H14ClFN4O2. The number of hydrogen-bond acceptors (Lipinski definition) is 5. The second kappa shape index (κ2) is 8.46. The van der Waals surface area contributed by atoms with E-state index in [-0.39, 0.29) is 12.0 Å². The van der Waals surface area contributed by atoms with Crippen LogP contribution in [0.4, 0.5) is 15.8 Å². The fourth-order valence-electron chi connectivity index (χ4n) is 3.43. The van der Waals surface area contributed by atoms with Gasteiger partial charge in [0.15, 0.2) is 5.78 Å². The first kappa shape index (κ1) is 20.4. The highest BCUT2D eigenvalue weighted by atomic mass is 35.5. The van der Waals surface area contributed by atoms with E-state index in [0.29, 0.717) is 27.5 Å². The van der Waals surface area contributed by atoms with Crippen molar-refractivity contribution in [3.63, 3.8) is 0 Å². The topological polar surface area (TPSA) is 87.0 Å². The summed E-state index contributed by atoms with van der Waals surface area (Å²) in [5, 5.41) is 9.67. The Kier molecular flexibility index (Phi) is 5.56. The highest BCUT2D eigenvalue weighted by Crippen LogP contribution is 2.38. The summed E-state index contributed by atoms with van der Waals surface area (Å²) < 4.78 is 13.3. The molecule has 1 unspecified atom stereocenters. The molecule has 0 spiro atoms. The van der Waals surface area contributed by atoms with Gasteiger partial charge in [-0.05, 0) is 60.0 Å². The van der Waals surface area contributed by atoms with Crippen LogP contribution in [0.15, 0.2) is 61.2 Å². The molecule has 0 bridgehead atoms. The minimum atomic E-state index is -1.01. The van der Waals surface area contributed by atoms with Crippen LogP contribution in [0.25, 0.3) is 6.08 Å². The number of fused-ring (bicyclic) bond motifs is 1. The molecule has 152 valence electrons. The first-order valence-corrected chi connectivity index (χ1v) is 9.64. The summed E-state index contributed by atoms with van der Waals surface area (Å²) in [6, 6.07) is 9.82. The van der Waals surface area contributed by atoms with Crippen molar-refractivity contribution in [2.45, 2.75) is 6.42 Å². The predicted molar refractivity (Wildman–Crippen MR) is 113 cm³/mol. The smallest absolute Gasteiger partial charge is 0.242 e. The highest BCUT2D eigenvalue weighted by molar-refractivity contribution is 6.31. The number of anilines is 2. The molecule has 31 heavy (non-hydrogen) atoms. The Bertz CT molecular complexity index is 1270. The monoisotopic (exact) mass is 432 g/mol. The number of nitrogens with zero attached hydrogens (tertiary/aromatic N) is 4. The SMILES string of the molecule is N#Cc1cncc(N2C(=O)C(C(=O)/C=C/c3cncc(F)c3)Cc3cc(Cl)ccc32)c1. The number of hydrogen-bond donors (Lipinski definition) is 0. The lowest BCUT2D eigenvalue weighted by molar-refractivity contribution is -0.129. The van der Waals surface area contributed by atoms with Crippen molar-refractivity contribution in [2.75, 3.05) is 4.90 Å². The van der Waals surface area contributed by atoms with Crippen molar-refractivity contribution < 1.29 is 14.0 Å². The molecule has 3 aromatic rings. The van der Waals surface area contributed by atoms with Crippen LogP contribution in [-0.2, 0) is 16.0 Å². The van der Waals surface area contributed by atoms with Crippen molar-refractivity contribution in [1.29, 1.82) is 5.26 Å². The number of ketones is 1. The molecule has 1 amide bonds. The molecule has 0 fully saturated rings. The Hall–Kier alpha value is -3.89. The molecule has 6 nitrogen and oxygen atoms in total. The number of rotatable bonds is 4. The van der Waals surface area contributed by atoms with Gasteiger partial charge in [-0.2, -0.15) is 5.26 Å². The molecule has 8 heteroatoms. The van der Waals surface area contributed by atoms with Crippen molar-refractivity contribution >= 4 is 40.7 Å². The van der Waals surface area contributed by atoms with Gasteiger partial charge in [-0.25, -0.2) is 4.39 Å². The lowest BCUT2D eigenvalue weighted by Gasteiger charge is -2.33. The van der Waals surface area contributed by atoms with Crippen LogP contribution in [0, 0.1) is 23.1 Å². The van der Waals surface area contributed by atoms with E-state index in [1.165, 1.54) is 47.8 Å². The predicted octanol–water partition coefficient (Wildman–Crippen LogP) is 4.26. The van der Waals surface area contributed by atoms with E-state index in [1.54, 1.807) is 18.2 Å². The van der Waals surface area contributed by atoms with Gasteiger partial charge < -0.3 is 0 Å². The third-order valence-electron chi connectivity index (χ3n) is 4.85. The van der Waals surface area contributed by atoms with Crippen LogP contribution in [0.3, 0.4) is 0 Å². The molecule has 1 aromatic carbocycles. The fourth-order valence-corrected chi connectivity index (χ4v) is 3.63. The molecule has 1 aliphatic heterocycles. The van der Waals surface area contributed by atoms with E-state index >= 15 is 0 Å². The van der Waals surface area contributed by atoms with Gasteiger partial charge >= 0.3 is 0 Å². The minimum Gasteiger partial charge on any atom is -0.294 e. The normalized spacial score (nSPS) is 15.6. The Labute approximate surface area is 182 Å². The summed E-state index contributed by atoms with van der Waals surface area (Å²) in [5.41, 5.74) is 2.36. The van der Waals surface area contributed by atoms with Gasteiger partial charge in [0.2, 0.25) is 5.91 Å². The maximum atomic E-state index is 13.3. The van der Waals surface area contributed by atoms with E-state index in [9.17, 15) is 19.2 Å². The Morgan fingerprint density at radius 3 is 2.77 bits per heavy atom. The third-order valence-corrected chi connectivity index (χ3v) is 5.08. The zero-order valence-corrected chi connectivity index (χ0v) is 16.8. The molecule has 2 aromatic heterocycles. The highest BCUT2D eigenvalue weighted by Gasteiger charge is 2.37. The van der Waals surface area contributed by atoms with Crippen LogP contribution < -0.4 is 4.90 Å². The summed E-state index contributed by atoms with van der Waals surface area (Å²) in [5.74, 6) is -2.41. The average molecular weight is 433 g/mol. The molecule has 0 N–H and O–H groups in total. The van der Waals surface area contributed by atoms with Crippen molar-refractivity contribution in [1.82, 2.24) is 9.97 Å². The van der Waals surface area contributed by atoms with Crippen LogP contribution in [0.5, 0.6) is 0 Å². The fraction of sp³-hybridized carbons (Fsp3) is 0.0870. The molecular weight excluding hydrogens is 419 g/mol. The van der Waals surface area contributed by atoms with Gasteiger partial charge in [-0.1, -0.05) is 11.6 Å². The van der Waals surface area contributed by atoms with E-state index in [0.717, 1.165) is 6.20 Å². The van der Waals surface area contributed by atoms with E-state index in [4.69, 9.17) is 11.6 Å². The van der Waals surface area contributed by atoms with Gasteiger partial charge in [0.1, 0.15) is 17.8 Å². The zero-order chi connectivity index (χ0) is 22.0. The summed E-state index contributed by atoms with van der Waals surface area (Å²) in [6.45, 7) is 0. The van der Waals surface area contributed by atoms with E-state index < -0.39 is 23.4 Å². The Balaban J connectivity index is 1.72. The number of halogens is 2. The first-order valence-electron chi connectivity index (χ1n) is 9.26. The van der Waals surface area contributed by atoms with Gasteiger partial charge in [0, 0.05) is 17.4 Å². The number of amides is 1. The van der Waals surface area contributed by atoms with Crippen molar-refractivity contribution in [3.05, 3.63) is 88.7 Å². The lowest BCUT2D eigenvalue weighted by Crippen LogP contribution is -2.41. The summed E-state index contributed by atoms with van der Waals surface area (Å²) in [7, 11) is 0. The molecule has 0 saturated heterocycles. The van der Waals surface area contributed by atoms with Crippen LogP contribution >= 0.6 is 11.6 Å². The summed E-state index contributed by atoms with van der Waals surface area (Å²) >= 11 is 6.14. The maximum absolute atomic E-state index is 13.3. The van der Waals surface area contributed by atoms with E-state index in [2.05, 4.69) is 9.97 Å². The standard InChI is InChI=1S/C23H14ClFN4O2/c24-17-2-3-21-16(7-17)8-20(22(30)4-1-14-5-18(25)12-27-10-14)23(31)29(21)19-6-15(9-26)11-28-13-19/h1-7,10-13,20H,8H2/b4-1+. The quantitative estimate of drug-likeness (QED) is 0.454. The minimum absolute atomic E-state index is 0.168. The van der Waals surface area contributed by atoms with Gasteiger partial charge in [-0.3, -0.25) is 24.5 Å². The molecule has 1 aliphatic rings. The van der Waals surface area contributed by atoms with Crippen LogP contribution in [-0.4, -0.2) is 21.7 Å². The van der Waals surface area contributed by atoms with Crippen molar-refractivity contribution in [2.24, 2.45) is 5.92 Å². The van der Waals surface area contributed by atoms with Crippen molar-refractivity contribution in [3.8, 4) is 6.07 Å². The van der Waals surface area contributed by atoms with Gasteiger partial charge in [-0.15, -0.1) is 0 Å². The first-order chi connectivity index (χ1) is 15.0. The molecule has 3 heterocycles. The number of carbonyl (C=O) groups excluding carboxylic acids is 2. The lowest BCUT2D eigenvalue weighted by atomic mass is 9.88. The number of aromatic nitrogens is 2. The maximum Gasteiger partial charge on any atom is 0.242 e. The second-order valence-corrected chi connectivity index (χ2v) is 7.36. The van der Waals surface area contributed by atoms with Gasteiger partial charge in [0.25, 0.3) is 0 Å². The Morgan fingerprint density at radius 2 is 2.00 bits per heavy atom.